The van der Waals surface area contributed by atoms with Crippen LogP contribution in [-0.4, -0.2) is 29.2 Å². The normalized spacial score (nSPS) is 16.4. The van der Waals surface area contributed by atoms with E-state index < -0.39 is 11.8 Å². The SMILES string of the molecule is O=C(NNC(=O)[C@@H]1CC(=O)N(Cc2ccccc2)C1)c1ccc(Br)cc1. The first-order chi connectivity index (χ1) is 12.5. The molecule has 1 aliphatic heterocycles. The summed E-state index contributed by atoms with van der Waals surface area (Å²) in [5.74, 6) is -1.31. The molecule has 134 valence electrons. The highest BCUT2D eigenvalue weighted by molar-refractivity contribution is 9.10. The summed E-state index contributed by atoms with van der Waals surface area (Å²) >= 11 is 3.30. The van der Waals surface area contributed by atoms with Crippen molar-refractivity contribution < 1.29 is 14.4 Å². The maximum absolute atomic E-state index is 12.3. The molecule has 1 fully saturated rings. The van der Waals surface area contributed by atoms with Crippen LogP contribution in [0.4, 0.5) is 0 Å². The van der Waals surface area contributed by atoms with Gasteiger partial charge in [-0.2, -0.15) is 0 Å². The molecule has 1 aliphatic rings. The number of rotatable bonds is 4. The van der Waals surface area contributed by atoms with Crippen LogP contribution in [0.3, 0.4) is 0 Å². The molecule has 0 aromatic heterocycles. The maximum Gasteiger partial charge on any atom is 0.269 e. The number of nitrogens with one attached hydrogen (secondary N) is 2. The number of hydrogen-bond acceptors (Lipinski definition) is 3. The van der Waals surface area contributed by atoms with Crippen molar-refractivity contribution in [2.24, 2.45) is 5.92 Å². The van der Waals surface area contributed by atoms with Gasteiger partial charge in [-0.25, -0.2) is 0 Å². The van der Waals surface area contributed by atoms with E-state index >= 15 is 0 Å². The predicted molar refractivity (Wildman–Crippen MR) is 99.7 cm³/mol. The Morgan fingerprint density at radius 2 is 1.73 bits per heavy atom. The molecule has 1 heterocycles. The van der Waals surface area contributed by atoms with Crippen molar-refractivity contribution in [3.63, 3.8) is 0 Å². The van der Waals surface area contributed by atoms with Gasteiger partial charge in [0.15, 0.2) is 0 Å². The lowest BCUT2D eigenvalue weighted by Gasteiger charge is -2.16. The average molecular weight is 416 g/mol. The molecular weight excluding hydrogens is 398 g/mol. The standard InChI is InChI=1S/C19H18BrN3O3/c20-16-8-6-14(7-9-16)18(25)21-22-19(26)15-10-17(24)23(12-15)11-13-4-2-1-3-5-13/h1-9,15H,10-12H2,(H,21,25)(H,22,26)/t15-/m1/s1. The highest BCUT2D eigenvalue weighted by atomic mass is 79.9. The van der Waals surface area contributed by atoms with Gasteiger partial charge in [0.1, 0.15) is 0 Å². The number of hydrazine groups is 1. The molecule has 7 heteroatoms. The number of likely N-dealkylation sites (tertiary alicyclic amines) is 1. The molecule has 0 aliphatic carbocycles. The van der Waals surface area contributed by atoms with Gasteiger partial charge in [0, 0.05) is 29.5 Å². The number of amides is 3. The van der Waals surface area contributed by atoms with E-state index in [0.29, 0.717) is 18.7 Å². The smallest absolute Gasteiger partial charge is 0.269 e. The summed E-state index contributed by atoms with van der Waals surface area (Å²) < 4.78 is 0.862. The lowest BCUT2D eigenvalue weighted by molar-refractivity contribution is -0.129. The van der Waals surface area contributed by atoms with Crippen molar-refractivity contribution in [3.05, 3.63) is 70.2 Å². The fraction of sp³-hybridized carbons (Fsp3) is 0.211. The van der Waals surface area contributed by atoms with Crippen LogP contribution in [0.1, 0.15) is 22.3 Å². The summed E-state index contributed by atoms with van der Waals surface area (Å²) in [6.07, 6.45) is 0.146. The van der Waals surface area contributed by atoms with E-state index in [0.717, 1.165) is 10.0 Å². The highest BCUT2D eigenvalue weighted by Gasteiger charge is 2.34. The third-order valence-electron chi connectivity index (χ3n) is 4.21. The van der Waals surface area contributed by atoms with Crippen molar-refractivity contribution in [2.75, 3.05) is 6.54 Å². The Morgan fingerprint density at radius 3 is 2.42 bits per heavy atom. The first-order valence-corrected chi connectivity index (χ1v) is 8.99. The van der Waals surface area contributed by atoms with Gasteiger partial charge >= 0.3 is 0 Å². The van der Waals surface area contributed by atoms with Crippen molar-refractivity contribution in [2.45, 2.75) is 13.0 Å². The summed E-state index contributed by atoms with van der Waals surface area (Å²) in [7, 11) is 0. The fourth-order valence-electron chi connectivity index (χ4n) is 2.80. The Labute approximate surface area is 159 Å². The minimum atomic E-state index is -0.476. The monoisotopic (exact) mass is 415 g/mol. The second kappa shape index (κ2) is 8.14. The number of hydrogen-bond donors (Lipinski definition) is 2. The molecule has 0 radical (unpaired) electrons. The molecule has 26 heavy (non-hydrogen) atoms. The van der Waals surface area contributed by atoms with Gasteiger partial charge < -0.3 is 4.90 Å². The average Bonchev–Trinajstić information content (AvgIpc) is 3.01. The molecule has 0 spiro atoms. The Morgan fingerprint density at radius 1 is 1.04 bits per heavy atom. The van der Waals surface area contributed by atoms with Crippen molar-refractivity contribution in [1.82, 2.24) is 15.8 Å². The van der Waals surface area contributed by atoms with Gasteiger partial charge in [0.2, 0.25) is 11.8 Å². The molecule has 0 saturated carbocycles. The van der Waals surface area contributed by atoms with E-state index in [9.17, 15) is 14.4 Å². The quantitative estimate of drug-likeness (QED) is 0.751. The summed E-state index contributed by atoms with van der Waals surface area (Å²) in [6.45, 7) is 0.822. The van der Waals surface area contributed by atoms with Gasteiger partial charge in [-0.3, -0.25) is 25.2 Å². The minimum Gasteiger partial charge on any atom is -0.338 e. The summed E-state index contributed by atoms with van der Waals surface area (Å²) in [5.41, 5.74) is 6.26. The van der Waals surface area contributed by atoms with E-state index in [1.54, 1.807) is 29.2 Å². The second-order valence-electron chi connectivity index (χ2n) is 6.11. The zero-order chi connectivity index (χ0) is 18.5. The zero-order valence-corrected chi connectivity index (χ0v) is 15.5. The number of benzene rings is 2. The molecular formula is C19H18BrN3O3. The van der Waals surface area contributed by atoms with Crippen LogP contribution < -0.4 is 10.9 Å². The van der Waals surface area contributed by atoms with Crippen LogP contribution in [0.2, 0.25) is 0 Å². The highest BCUT2D eigenvalue weighted by Crippen LogP contribution is 2.20. The van der Waals surface area contributed by atoms with E-state index in [1.807, 2.05) is 30.3 Å². The Balaban J connectivity index is 1.51. The zero-order valence-electron chi connectivity index (χ0n) is 13.9. The van der Waals surface area contributed by atoms with Crippen LogP contribution in [0.25, 0.3) is 0 Å². The first kappa shape index (κ1) is 18.1. The minimum absolute atomic E-state index is 0.0618. The molecule has 1 atom stereocenters. The molecule has 0 unspecified atom stereocenters. The van der Waals surface area contributed by atoms with Gasteiger partial charge in [0.25, 0.3) is 5.91 Å². The lowest BCUT2D eigenvalue weighted by atomic mass is 10.1. The topological polar surface area (TPSA) is 78.5 Å². The Bertz CT molecular complexity index is 809. The van der Waals surface area contributed by atoms with Crippen LogP contribution in [0.5, 0.6) is 0 Å². The van der Waals surface area contributed by atoms with Crippen molar-refractivity contribution in [3.8, 4) is 0 Å². The maximum atomic E-state index is 12.3. The summed E-state index contributed by atoms with van der Waals surface area (Å²) in [6, 6.07) is 16.4. The van der Waals surface area contributed by atoms with Gasteiger partial charge in [-0.15, -0.1) is 0 Å². The Kier molecular flexibility index (Phi) is 5.68. The fourth-order valence-corrected chi connectivity index (χ4v) is 3.06. The third-order valence-corrected chi connectivity index (χ3v) is 4.74. The lowest BCUT2D eigenvalue weighted by Crippen LogP contribution is -2.45. The largest absolute Gasteiger partial charge is 0.338 e. The summed E-state index contributed by atoms with van der Waals surface area (Å²) in [5, 5.41) is 0. The van der Waals surface area contributed by atoms with Crippen molar-refractivity contribution >= 4 is 33.7 Å². The first-order valence-electron chi connectivity index (χ1n) is 8.20. The number of carbonyl (C=O) groups excluding carboxylic acids is 3. The van der Waals surface area contributed by atoms with E-state index in [1.165, 1.54) is 0 Å². The molecule has 6 nitrogen and oxygen atoms in total. The van der Waals surface area contributed by atoms with Crippen LogP contribution >= 0.6 is 15.9 Å². The third kappa shape index (κ3) is 4.49. The van der Waals surface area contributed by atoms with Crippen LogP contribution in [0.15, 0.2) is 59.1 Å². The summed E-state index contributed by atoms with van der Waals surface area (Å²) in [4.78, 5) is 38.1. The molecule has 3 rings (SSSR count). The number of carbonyl (C=O) groups is 3. The van der Waals surface area contributed by atoms with Gasteiger partial charge in [-0.05, 0) is 29.8 Å². The molecule has 2 aromatic rings. The molecule has 2 N–H and O–H groups in total. The number of nitrogens with zero attached hydrogens (tertiary/aromatic N) is 1. The van der Waals surface area contributed by atoms with E-state index in [-0.39, 0.29) is 18.2 Å². The van der Waals surface area contributed by atoms with Gasteiger partial charge in [-0.1, -0.05) is 46.3 Å². The van der Waals surface area contributed by atoms with Crippen molar-refractivity contribution in [1.29, 1.82) is 0 Å². The van der Waals surface area contributed by atoms with E-state index in [4.69, 9.17) is 0 Å². The van der Waals surface area contributed by atoms with E-state index in [2.05, 4.69) is 26.8 Å². The molecule has 1 saturated heterocycles. The molecule has 0 bridgehead atoms. The molecule has 3 amide bonds. The molecule has 2 aromatic carbocycles. The predicted octanol–water partition coefficient (Wildman–Crippen LogP) is 2.26. The van der Waals surface area contributed by atoms with Crippen LogP contribution in [-0.2, 0) is 16.1 Å². The Hall–Kier alpha value is -2.67. The van der Waals surface area contributed by atoms with Crippen LogP contribution in [0, 0.1) is 5.92 Å². The van der Waals surface area contributed by atoms with Gasteiger partial charge in [0.05, 0.1) is 5.92 Å². The second-order valence-corrected chi connectivity index (χ2v) is 7.03. The number of halogens is 1.